The number of aliphatic imine (C=N–C) groups is 1. The third kappa shape index (κ3) is 13.6. The first-order chi connectivity index (χ1) is 25.4. The molecule has 0 bridgehead atoms. The van der Waals surface area contributed by atoms with E-state index in [2.05, 4.69) is 48.9 Å². The lowest BCUT2D eigenvalue weighted by molar-refractivity contribution is -0.198. The van der Waals surface area contributed by atoms with Gasteiger partial charge in [0.25, 0.3) is 11.8 Å². The van der Waals surface area contributed by atoms with Gasteiger partial charge >= 0.3 is 5.97 Å². The Labute approximate surface area is 320 Å². The molecule has 0 aromatic carbocycles. The van der Waals surface area contributed by atoms with E-state index in [1.54, 1.807) is 5.57 Å². The summed E-state index contributed by atoms with van der Waals surface area (Å²) in [6.45, 7) is 18.5. The third-order valence-corrected chi connectivity index (χ3v) is 11.8. The van der Waals surface area contributed by atoms with Crippen molar-refractivity contribution >= 4 is 29.4 Å². The summed E-state index contributed by atoms with van der Waals surface area (Å²) in [6.07, 6.45) is 17.3. The molecule has 5 aliphatic rings. The van der Waals surface area contributed by atoms with Gasteiger partial charge in [0.2, 0.25) is 5.91 Å². The van der Waals surface area contributed by atoms with E-state index in [1.807, 2.05) is 27.8 Å². The molecule has 11 nitrogen and oxygen atoms in total. The van der Waals surface area contributed by atoms with E-state index in [0.29, 0.717) is 23.5 Å². The smallest absolute Gasteiger partial charge is 0.335 e. The Kier molecular flexibility index (Phi) is 21.1. The van der Waals surface area contributed by atoms with Gasteiger partial charge in [0.15, 0.2) is 0 Å². The second-order valence-electron chi connectivity index (χ2n) is 15.6. The van der Waals surface area contributed by atoms with E-state index >= 15 is 0 Å². The highest BCUT2D eigenvalue weighted by Crippen LogP contribution is 2.65. The van der Waals surface area contributed by atoms with Crippen LogP contribution in [0.2, 0.25) is 0 Å². The molecule has 4 fully saturated rings. The van der Waals surface area contributed by atoms with Crippen molar-refractivity contribution in [2.75, 3.05) is 40.0 Å². The van der Waals surface area contributed by atoms with Gasteiger partial charge in [0.1, 0.15) is 0 Å². The van der Waals surface area contributed by atoms with Crippen LogP contribution in [-0.2, 0) is 33.5 Å². The van der Waals surface area contributed by atoms with Gasteiger partial charge in [-0.2, -0.15) is 0 Å². The molecular formula is C42H73N3O8. The molecule has 1 saturated heterocycles. The maximum atomic E-state index is 11.2. The molecule has 0 radical (unpaired) electrons. The molecule has 11 heteroatoms. The van der Waals surface area contributed by atoms with Crippen LogP contribution in [-0.4, -0.2) is 85.7 Å². The minimum atomic E-state index is -0.625. The zero-order valence-electron chi connectivity index (χ0n) is 34.4. The van der Waals surface area contributed by atoms with Gasteiger partial charge in [-0.15, -0.1) is 5.06 Å². The Hall–Kier alpha value is -2.63. The first-order valence-electron chi connectivity index (χ1n) is 20.7. The number of hydrogen-bond acceptors (Lipinski definition) is 9. The van der Waals surface area contributed by atoms with Crippen molar-refractivity contribution < 1.29 is 38.6 Å². The highest BCUT2D eigenvalue weighted by molar-refractivity contribution is 6.01. The number of nitrogens with one attached hydrogen (secondary N) is 1. The highest BCUT2D eigenvalue weighted by atomic mass is 16.7. The molecule has 5 rings (SSSR count). The lowest BCUT2D eigenvalue weighted by Gasteiger charge is -2.57. The average Bonchev–Trinajstić information content (AvgIpc) is 3.64. The van der Waals surface area contributed by atoms with Crippen LogP contribution in [0.4, 0.5) is 0 Å². The van der Waals surface area contributed by atoms with Gasteiger partial charge in [-0.1, -0.05) is 54.0 Å². The lowest BCUT2D eigenvalue weighted by atomic mass is 9.47. The molecule has 3 saturated carbocycles. The Morgan fingerprint density at radius 2 is 1.45 bits per heavy atom. The highest BCUT2D eigenvalue weighted by Gasteiger charge is 2.58. The van der Waals surface area contributed by atoms with Crippen LogP contribution in [0.25, 0.3) is 0 Å². The van der Waals surface area contributed by atoms with Gasteiger partial charge in [-0.05, 0) is 112 Å². The maximum absolute atomic E-state index is 11.2. The predicted octanol–water partition coefficient (Wildman–Crippen LogP) is 7.54. The number of fused-ring (bicyclic) bond motifs is 5. The molecule has 6 atom stereocenters. The molecule has 1 aliphatic heterocycles. The van der Waals surface area contributed by atoms with Crippen LogP contribution in [0, 0.1) is 28.6 Å². The number of carbonyl (C=O) groups is 4. The summed E-state index contributed by atoms with van der Waals surface area (Å²) in [5.74, 6) is 1.04. The standard InChI is InChI=1S/C20H31NO.C10H15NO5.C6H13NO.C6H14O/c1-19-10-8-14(21-3)12-13(19)4-5-15-16-6-7-18(22)20(16,2)11-9-17(15)19;1-2-6-15-7-5-10(14)16-11-8(12)3-4-9(11)13;1-3-5-7-6(8)4-2;1-3-5-7-6-4-2/h12,15-18,22H,4-11H2,1-3H3;2-7H2,1H3;3-5H2,1-2H3,(H,7,8);3-6H2,1-2H3. The third-order valence-electron chi connectivity index (χ3n) is 11.8. The predicted molar refractivity (Wildman–Crippen MR) is 209 cm³/mol. The summed E-state index contributed by atoms with van der Waals surface area (Å²) in [7, 11) is 1.94. The number of allylic oxidation sites excluding steroid dienone is 2. The van der Waals surface area contributed by atoms with Crippen molar-refractivity contribution in [2.24, 2.45) is 33.6 Å². The molecule has 0 aromatic heterocycles. The van der Waals surface area contributed by atoms with Crippen molar-refractivity contribution in [1.82, 2.24) is 10.4 Å². The van der Waals surface area contributed by atoms with Crippen molar-refractivity contribution in [3.63, 3.8) is 0 Å². The fourth-order valence-electron chi connectivity index (χ4n) is 8.71. The first-order valence-corrected chi connectivity index (χ1v) is 20.7. The van der Waals surface area contributed by atoms with Gasteiger partial charge in [0, 0.05) is 58.4 Å². The Bertz CT molecular complexity index is 1200. The molecule has 0 spiro atoms. The molecule has 2 N–H and O–H groups in total. The van der Waals surface area contributed by atoms with Crippen LogP contribution in [0.3, 0.4) is 0 Å². The number of aliphatic hydroxyl groups excluding tert-OH is 1. The van der Waals surface area contributed by atoms with Crippen LogP contribution < -0.4 is 5.32 Å². The molecular weight excluding hydrogens is 674 g/mol. The number of rotatable bonds is 13. The zero-order chi connectivity index (χ0) is 39.4. The molecule has 3 amide bonds. The van der Waals surface area contributed by atoms with Crippen molar-refractivity contribution in [2.45, 2.75) is 157 Å². The lowest BCUT2D eigenvalue weighted by Crippen LogP contribution is -2.51. The number of nitrogens with zero attached hydrogens (tertiary/aromatic N) is 2. The number of amides is 3. The van der Waals surface area contributed by atoms with Gasteiger partial charge in [-0.3, -0.25) is 19.4 Å². The maximum Gasteiger partial charge on any atom is 0.335 e. The Balaban J connectivity index is 0.000000274. The van der Waals surface area contributed by atoms with Gasteiger partial charge < -0.3 is 24.7 Å². The SMILES string of the molecule is CCCNC(=O)CC.CCCOCCC.CCCOCCC(=O)ON1C(=O)CCC1=O.CN=C1C=C2CCC3C(CCC4(C)C(O)CCC34)C2(C)CC1. The minimum absolute atomic E-state index is 0.0387. The van der Waals surface area contributed by atoms with E-state index in [4.69, 9.17) is 9.47 Å². The second kappa shape index (κ2) is 24.0. The number of imide groups is 1. The Morgan fingerprint density at radius 1 is 0.830 bits per heavy atom. The number of aliphatic hydroxyl groups is 1. The van der Waals surface area contributed by atoms with Gasteiger partial charge in [0.05, 0.1) is 19.1 Å². The second-order valence-corrected chi connectivity index (χ2v) is 15.6. The summed E-state index contributed by atoms with van der Waals surface area (Å²) >= 11 is 0. The van der Waals surface area contributed by atoms with Crippen LogP contribution in [0.5, 0.6) is 0 Å². The monoisotopic (exact) mass is 748 g/mol. The summed E-state index contributed by atoms with van der Waals surface area (Å²) in [6, 6.07) is 0. The average molecular weight is 748 g/mol. The largest absolute Gasteiger partial charge is 0.393 e. The van der Waals surface area contributed by atoms with E-state index in [0.717, 1.165) is 76.0 Å². The van der Waals surface area contributed by atoms with Crippen LogP contribution in [0.1, 0.15) is 151 Å². The molecule has 6 unspecified atom stereocenters. The topological polar surface area (TPSA) is 144 Å². The summed E-state index contributed by atoms with van der Waals surface area (Å²) in [4.78, 5) is 52.9. The van der Waals surface area contributed by atoms with Crippen molar-refractivity contribution in [1.29, 1.82) is 0 Å². The number of ether oxygens (including phenoxy) is 2. The van der Waals surface area contributed by atoms with Crippen LogP contribution in [0.15, 0.2) is 16.6 Å². The summed E-state index contributed by atoms with van der Waals surface area (Å²) in [5, 5.41) is 13.8. The van der Waals surface area contributed by atoms with E-state index in [9.17, 15) is 24.3 Å². The molecule has 304 valence electrons. The summed E-state index contributed by atoms with van der Waals surface area (Å²) in [5.41, 5.74) is 3.61. The quantitative estimate of drug-likeness (QED) is 0.145. The first kappa shape index (κ1) is 46.5. The summed E-state index contributed by atoms with van der Waals surface area (Å²) < 4.78 is 10.2. The fraction of sp³-hybridized carbons (Fsp3) is 0.833. The zero-order valence-corrected chi connectivity index (χ0v) is 34.4. The number of hydroxylamine groups is 2. The number of carbonyl (C=O) groups excluding carboxylic acids is 4. The molecule has 0 aromatic rings. The normalized spacial score (nSPS) is 29.2. The fourth-order valence-corrected chi connectivity index (χ4v) is 8.71. The van der Waals surface area contributed by atoms with Crippen molar-refractivity contribution in [3.05, 3.63) is 11.6 Å². The number of hydrogen-bond donors (Lipinski definition) is 2. The van der Waals surface area contributed by atoms with E-state index < -0.39 is 17.8 Å². The molecule has 4 aliphatic carbocycles. The van der Waals surface area contributed by atoms with E-state index in [-0.39, 0.29) is 43.3 Å². The minimum Gasteiger partial charge on any atom is -0.393 e. The molecule has 53 heavy (non-hydrogen) atoms. The van der Waals surface area contributed by atoms with Gasteiger partial charge in [-0.25, -0.2) is 4.79 Å². The Morgan fingerprint density at radius 3 is 2.02 bits per heavy atom. The van der Waals surface area contributed by atoms with Crippen LogP contribution >= 0.6 is 0 Å². The van der Waals surface area contributed by atoms with E-state index in [1.165, 1.54) is 44.2 Å². The van der Waals surface area contributed by atoms with Crippen molar-refractivity contribution in [3.8, 4) is 0 Å². The molecule has 1 heterocycles.